The molecule has 0 amide bonds. The van der Waals surface area contributed by atoms with E-state index >= 15 is 0 Å². The summed E-state index contributed by atoms with van der Waals surface area (Å²) in [5.41, 5.74) is 2.26. The van der Waals surface area contributed by atoms with E-state index in [1.54, 1.807) is 0 Å². The van der Waals surface area contributed by atoms with Crippen molar-refractivity contribution < 1.29 is 9.90 Å². The number of fused-ring (bicyclic) bond motifs is 5. The van der Waals surface area contributed by atoms with Crippen LogP contribution in [0.4, 0.5) is 0 Å². The molecule has 4 nitrogen and oxygen atoms in total. The third-order valence-electron chi connectivity index (χ3n) is 3.55. The van der Waals surface area contributed by atoms with E-state index in [2.05, 4.69) is 9.97 Å². The molecule has 0 aliphatic rings. The molecule has 0 aliphatic heterocycles. The average molecular weight is 262 g/mol. The summed E-state index contributed by atoms with van der Waals surface area (Å²) in [5.74, 6) is -1.02. The molecule has 0 atom stereocenters. The predicted molar refractivity (Wildman–Crippen MR) is 78.1 cm³/mol. The molecule has 2 aromatic carbocycles. The second-order valence-electron chi connectivity index (χ2n) is 4.70. The standard InChI is InChI=1S/C16H10N2O2/c19-16(20)15-14-13(9-5-1-3-7-11(9)17-14)10-6-2-4-8-12(10)18-15/h1-8,17H,(H,19,20). The molecule has 0 fully saturated rings. The highest BCUT2D eigenvalue weighted by Crippen LogP contribution is 2.32. The Morgan fingerprint density at radius 2 is 1.70 bits per heavy atom. The van der Waals surface area contributed by atoms with Crippen molar-refractivity contribution in [2.45, 2.75) is 0 Å². The smallest absolute Gasteiger partial charge is 0.356 e. The number of para-hydroxylation sites is 2. The Balaban J connectivity index is 2.37. The first kappa shape index (κ1) is 11.0. The summed E-state index contributed by atoms with van der Waals surface area (Å²) in [6.07, 6.45) is 0. The molecule has 0 unspecified atom stereocenters. The van der Waals surface area contributed by atoms with Crippen molar-refractivity contribution in [3.05, 3.63) is 54.2 Å². The number of carboxylic acid groups (broad SMARTS) is 1. The molecule has 0 aliphatic carbocycles. The zero-order valence-corrected chi connectivity index (χ0v) is 10.4. The number of hydrogen-bond donors (Lipinski definition) is 2. The fourth-order valence-electron chi connectivity index (χ4n) is 2.71. The van der Waals surface area contributed by atoms with Crippen LogP contribution in [-0.2, 0) is 0 Å². The molecule has 2 aromatic heterocycles. The van der Waals surface area contributed by atoms with Gasteiger partial charge in [-0.25, -0.2) is 9.78 Å². The highest BCUT2D eigenvalue weighted by Gasteiger charge is 2.17. The Labute approximate surface area is 113 Å². The second-order valence-corrected chi connectivity index (χ2v) is 4.70. The first-order chi connectivity index (χ1) is 9.75. The van der Waals surface area contributed by atoms with Gasteiger partial charge in [-0.3, -0.25) is 0 Å². The Morgan fingerprint density at radius 3 is 2.50 bits per heavy atom. The highest BCUT2D eigenvalue weighted by atomic mass is 16.4. The molecule has 0 radical (unpaired) electrons. The molecule has 2 heterocycles. The highest BCUT2D eigenvalue weighted by molar-refractivity contribution is 6.22. The number of nitrogens with zero attached hydrogens (tertiary/aromatic N) is 1. The van der Waals surface area contributed by atoms with E-state index in [9.17, 15) is 9.90 Å². The topological polar surface area (TPSA) is 66.0 Å². The largest absolute Gasteiger partial charge is 0.476 e. The number of pyridine rings is 1. The molecule has 4 heteroatoms. The number of aromatic amines is 1. The van der Waals surface area contributed by atoms with Crippen LogP contribution in [0.2, 0.25) is 0 Å². The van der Waals surface area contributed by atoms with Gasteiger partial charge in [0.25, 0.3) is 0 Å². The molecule has 0 spiro atoms. The number of H-pyrrole nitrogens is 1. The van der Waals surface area contributed by atoms with Gasteiger partial charge in [0.05, 0.1) is 11.0 Å². The zero-order valence-electron chi connectivity index (χ0n) is 10.4. The van der Waals surface area contributed by atoms with Crippen molar-refractivity contribution in [3.63, 3.8) is 0 Å². The van der Waals surface area contributed by atoms with Crippen molar-refractivity contribution in [1.29, 1.82) is 0 Å². The van der Waals surface area contributed by atoms with Crippen molar-refractivity contribution >= 4 is 38.7 Å². The lowest BCUT2D eigenvalue weighted by atomic mass is 10.1. The Kier molecular flexibility index (Phi) is 2.09. The summed E-state index contributed by atoms with van der Waals surface area (Å²) in [6.45, 7) is 0. The van der Waals surface area contributed by atoms with E-state index in [4.69, 9.17) is 0 Å². The Bertz CT molecular complexity index is 986. The Hall–Kier alpha value is -2.88. The van der Waals surface area contributed by atoms with Gasteiger partial charge < -0.3 is 10.1 Å². The number of nitrogens with one attached hydrogen (secondary N) is 1. The van der Waals surface area contributed by atoms with Crippen LogP contribution in [0.5, 0.6) is 0 Å². The van der Waals surface area contributed by atoms with Crippen LogP contribution in [0.15, 0.2) is 48.5 Å². The maximum Gasteiger partial charge on any atom is 0.356 e. The molecule has 96 valence electrons. The van der Waals surface area contributed by atoms with E-state index < -0.39 is 5.97 Å². The summed E-state index contributed by atoms with van der Waals surface area (Å²) in [5, 5.41) is 12.3. The molecule has 2 N–H and O–H groups in total. The molecule has 0 saturated heterocycles. The summed E-state index contributed by atoms with van der Waals surface area (Å²) >= 11 is 0. The van der Waals surface area contributed by atoms with Crippen LogP contribution in [0.25, 0.3) is 32.7 Å². The van der Waals surface area contributed by atoms with E-state index in [1.165, 1.54) is 0 Å². The molecular weight excluding hydrogens is 252 g/mol. The second kappa shape index (κ2) is 3.81. The number of rotatable bonds is 1. The summed E-state index contributed by atoms with van der Waals surface area (Å²) in [4.78, 5) is 18.9. The number of benzene rings is 2. The van der Waals surface area contributed by atoms with E-state index in [-0.39, 0.29) is 5.69 Å². The predicted octanol–water partition coefficient (Wildman–Crippen LogP) is 3.57. The molecule has 4 aromatic rings. The summed E-state index contributed by atoms with van der Waals surface area (Å²) in [7, 11) is 0. The van der Waals surface area contributed by atoms with Gasteiger partial charge in [0.1, 0.15) is 0 Å². The van der Waals surface area contributed by atoms with Crippen molar-refractivity contribution in [3.8, 4) is 0 Å². The minimum Gasteiger partial charge on any atom is -0.476 e. The number of aromatic nitrogens is 2. The zero-order chi connectivity index (χ0) is 13.7. The third kappa shape index (κ3) is 1.36. The van der Waals surface area contributed by atoms with Crippen molar-refractivity contribution in [2.75, 3.05) is 0 Å². The van der Waals surface area contributed by atoms with Gasteiger partial charge in [0, 0.05) is 21.7 Å². The van der Waals surface area contributed by atoms with Gasteiger partial charge in [-0.1, -0.05) is 36.4 Å². The van der Waals surface area contributed by atoms with E-state index in [1.807, 2.05) is 48.5 Å². The summed E-state index contributed by atoms with van der Waals surface area (Å²) in [6, 6.07) is 15.4. The molecule has 20 heavy (non-hydrogen) atoms. The molecule has 4 rings (SSSR count). The third-order valence-corrected chi connectivity index (χ3v) is 3.55. The van der Waals surface area contributed by atoms with Crippen LogP contribution < -0.4 is 0 Å². The fraction of sp³-hybridized carbons (Fsp3) is 0. The van der Waals surface area contributed by atoms with Gasteiger partial charge in [-0.2, -0.15) is 0 Å². The quantitative estimate of drug-likeness (QED) is 0.551. The summed E-state index contributed by atoms with van der Waals surface area (Å²) < 4.78 is 0. The lowest BCUT2D eigenvalue weighted by molar-refractivity contribution is 0.0693. The number of hydrogen-bond acceptors (Lipinski definition) is 2. The van der Waals surface area contributed by atoms with Crippen LogP contribution >= 0.6 is 0 Å². The first-order valence-corrected chi connectivity index (χ1v) is 6.28. The Morgan fingerprint density at radius 1 is 1.00 bits per heavy atom. The minimum absolute atomic E-state index is 0.0647. The van der Waals surface area contributed by atoms with Crippen LogP contribution in [-0.4, -0.2) is 21.0 Å². The van der Waals surface area contributed by atoms with Gasteiger partial charge in [0.2, 0.25) is 0 Å². The van der Waals surface area contributed by atoms with Gasteiger partial charge in [0.15, 0.2) is 5.69 Å². The van der Waals surface area contributed by atoms with Crippen LogP contribution in [0.3, 0.4) is 0 Å². The maximum atomic E-state index is 11.5. The normalized spacial score (nSPS) is 11.4. The number of carboxylic acids is 1. The monoisotopic (exact) mass is 262 g/mol. The minimum atomic E-state index is -1.02. The van der Waals surface area contributed by atoms with Crippen LogP contribution in [0.1, 0.15) is 10.5 Å². The van der Waals surface area contributed by atoms with E-state index in [0.29, 0.717) is 11.0 Å². The lowest BCUT2D eigenvalue weighted by Crippen LogP contribution is -2.01. The van der Waals surface area contributed by atoms with Gasteiger partial charge >= 0.3 is 5.97 Å². The molecule has 0 bridgehead atoms. The SMILES string of the molecule is O=C(O)c1nc2ccccc2c2c1[nH]c1ccccc12. The van der Waals surface area contributed by atoms with Crippen molar-refractivity contribution in [1.82, 2.24) is 9.97 Å². The van der Waals surface area contributed by atoms with Crippen molar-refractivity contribution in [2.24, 2.45) is 0 Å². The van der Waals surface area contributed by atoms with Crippen LogP contribution in [0, 0.1) is 0 Å². The lowest BCUT2D eigenvalue weighted by Gasteiger charge is -2.03. The van der Waals surface area contributed by atoms with E-state index in [0.717, 1.165) is 21.7 Å². The number of carbonyl (C=O) groups is 1. The van der Waals surface area contributed by atoms with Gasteiger partial charge in [-0.15, -0.1) is 0 Å². The fourth-order valence-corrected chi connectivity index (χ4v) is 2.71. The number of aromatic carboxylic acids is 1. The van der Waals surface area contributed by atoms with Gasteiger partial charge in [-0.05, 0) is 12.1 Å². The molecular formula is C16H10N2O2. The average Bonchev–Trinajstić information content (AvgIpc) is 2.85. The maximum absolute atomic E-state index is 11.5. The molecule has 0 saturated carbocycles. The first-order valence-electron chi connectivity index (χ1n) is 6.28.